The SMILES string of the molecule is CCOc1cc(C=O)ccc1OCc1cncn1C(C)C. The molecular weight excluding hydrogens is 268 g/mol. The van der Waals surface area contributed by atoms with E-state index in [4.69, 9.17) is 9.47 Å². The Kier molecular flexibility index (Phi) is 4.98. The Morgan fingerprint density at radius 1 is 1.29 bits per heavy atom. The maximum atomic E-state index is 10.8. The first-order chi connectivity index (χ1) is 10.2. The van der Waals surface area contributed by atoms with Crippen molar-refractivity contribution >= 4 is 6.29 Å². The highest BCUT2D eigenvalue weighted by Crippen LogP contribution is 2.29. The molecule has 1 heterocycles. The lowest BCUT2D eigenvalue weighted by molar-refractivity contribution is 0.112. The molecule has 0 N–H and O–H groups in total. The molecule has 0 fully saturated rings. The van der Waals surface area contributed by atoms with Gasteiger partial charge in [0.1, 0.15) is 12.9 Å². The van der Waals surface area contributed by atoms with E-state index in [-0.39, 0.29) is 0 Å². The fourth-order valence-corrected chi connectivity index (χ4v) is 2.05. The molecule has 2 rings (SSSR count). The molecule has 5 nitrogen and oxygen atoms in total. The normalized spacial score (nSPS) is 10.7. The monoisotopic (exact) mass is 288 g/mol. The number of carbonyl (C=O) groups excluding carboxylic acids is 1. The summed E-state index contributed by atoms with van der Waals surface area (Å²) in [7, 11) is 0. The van der Waals surface area contributed by atoms with Crippen LogP contribution >= 0.6 is 0 Å². The lowest BCUT2D eigenvalue weighted by atomic mass is 10.2. The summed E-state index contributed by atoms with van der Waals surface area (Å²) < 4.78 is 13.4. The van der Waals surface area contributed by atoms with Gasteiger partial charge in [-0.2, -0.15) is 0 Å². The van der Waals surface area contributed by atoms with E-state index in [1.807, 2.05) is 6.92 Å². The summed E-state index contributed by atoms with van der Waals surface area (Å²) in [6, 6.07) is 5.48. The minimum atomic E-state index is 0.329. The number of ether oxygens (including phenoxy) is 2. The van der Waals surface area contributed by atoms with Crippen LogP contribution < -0.4 is 9.47 Å². The van der Waals surface area contributed by atoms with E-state index in [0.29, 0.717) is 36.3 Å². The minimum Gasteiger partial charge on any atom is -0.490 e. The zero-order chi connectivity index (χ0) is 15.2. The van der Waals surface area contributed by atoms with Crippen LogP contribution in [0.3, 0.4) is 0 Å². The first-order valence-corrected chi connectivity index (χ1v) is 7.01. The van der Waals surface area contributed by atoms with Crippen molar-refractivity contribution in [3.05, 3.63) is 42.0 Å². The maximum Gasteiger partial charge on any atom is 0.161 e. The molecule has 0 spiro atoms. The zero-order valence-electron chi connectivity index (χ0n) is 12.6. The summed E-state index contributed by atoms with van der Waals surface area (Å²) in [6.07, 6.45) is 4.38. The van der Waals surface area contributed by atoms with E-state index < -0.39 is 0 Å². The molecule has 0 unspecified atom stereocenters. The fraction of sp³-hybridized carbons (Fsp3) is 0.375. The first-order valence-electron chi connectivity index (χ1n) is 7.01. The summed E-state index contributed by atoms with van der Waals surface area (Å²) in [5.74, 6) is 1.21. The van der Waals surface area contributed by atoms with Crippen molar-refractivity contribution in [2.45, 2.75) is 33.4 Å². The van der Waals surface area contributed by atoms with E-state index in [1.165, 1.54) is 0 Å². The van der Waals surface area contributed by atoms with Gasteiger partial charge in [-0.25, -0.2) is 4.98 Å². The minimum absolute atomic E-state index is 0.329. The highest BCUT2D eigenvalue weighted by molar-refractivity contribution is 5.76. The van der Waals surface area contributed by atoms with Crippen LogP contribution in [0.5, 0.6) is 11.5 Å². The second-order valence-corrected chi connectivity index (χ2v) is 4.93. The fourth-order valence-electron chi connectivity index (χ4n) is 2.05. The molecule has 1 aromatic carbocycles. The van der Waals surface area contributed by atoms with Crippen molar-refractivity contribution in [3.63, 3.8) is 0 Å². The number of benzene rings is 1. The molecule has 112 valence electrons. The van der Waals surface area contributed by atoms with Crippen molar-refractivity contribution in [2.24, 2.45) is 0 Å². The van der Waals surface area contributed by atoms with Gasteiger partial charge >= 0.3 is 0 Å². The van der Waals surface area contributed by atoms with Gasteiger partial charge in [-0.05, 0) is 39.0 Å². The average molecular weight is 288 g/mol. The van der Waals surface area contributed by atoms with E-state index in [2.05, 4.69) is 23.4 Å². The van der Waals surface area contributed by atoms with Crippen LogP contribution in [0, 0.1) is 0 Å². The zero-order valence-corrected chi connectivity index (χ0v) is 12.6. The number of carbonyl (C=O) groups is 1. The molecule has 0 aliphatic heterocycles. The van der Waals surface area contributed by atoms with Gasteiger partial charge in [0.15, 0.2) is 11.5 Å². The number of rotatable bonds is 7. The molecule has 2 aromatic rings. The van der Waals surface area contributed by atoms with Crippen LogP contribution in [-0.2, 0) is 6.61 Å². The van der Waals surface area contributed by atoms with Gasteiger partial charge in [0.2, 0.25) is 0 Å². The van der Waals surface area contributed by atoms with Crippen LogP contribution in [0.15, 0.2) is 30.7 Å². The molecule has 0 saturated heterocycles. The van der Waals surface area contributed by atoms with Crippen LogP contribution in [0.4, 0.5) is 0 Å². The standard InChI is InChI=1S/C16H20N2O3/c1-4-20-16-7-13(9-19)5-6-15(16)21-10-14-8-17-11-18(14)12(2)3/h5-9,11-12H,4,10H2,1-3H3. The van der Waals surface area contributed by atoms with Crippen molar-refractivity contribution in [3.8, 4) is 11.5 Å². The van der Waals surface area contributed by atoms with Crippen LogP contribution in [0.25, 0.3) is 0 Å². The third kappa shape index (κ3) is 3.62. The van der Waals surface area contributed by atoms with Gasteiger partial charge in [-0.1, -0.05) is 0 Å². The first kappa shape index (κ1) is 15.1. The van der Waals surface area contributed by atoms with Gasteiger partial charge in [0.25, 0.3) is 0 Å². The van der Waals surface area contributed by atoms with Crippen LogP contribution in [0.1, 0.15) is 42.9 Å². The Hall–Kier alpha value is -2.30. The van der Waals surface area contributed by atoms with Gasteiger partial charge < -0.3 is 14.0 Å². The summed E-state index contributed by atoms with van der Waals surface area (Å²) in [4.78, 5) is 15.0. The maximum absolute atomic E-state index is 10.8. The molecule has 0 aliphatic carbocycles. The molecule has 0 bridgehead atoms. The highest BCUT2D eigenvalue weighted by Gasteiger charge is 2.10. The predicted molar refractivity (Wildman–Crippen MR) is 79.9 cm³/mol. The van der Waals surface area contributed by atoms with Gasteiger partial charge in [0, 0.05) is 11.6 Å². The molecule has 0 saturated carbocycles. The topological polar surface area (TPSA) is 53.4 Å². The molecule has 0 atom stereocenters. The molecule has 0 aliphatic rings. The number of hydrogen-bond donors (Lipinski definition) is 0. The molecule has 21 heavy (non-hydrogen) atoms. The third-order valence-corrected chi connectivity index (χ3v) is 3.08. The molecule has 1 aromatic heterocycles. The van der Waals surface area contributed by atoms with E-state index in [0.717, 1.165) is 12.0 Å². The highest BCUT2D eigenvalue weighted by atomic mass is 16.5. The molecular formula is C16H20N2O3. The lowest BCUT2D eigenvalue weighted by Gasteiger charge is -2.15. The van der Waals surface area contributed by atoms with E-state index in [1.54, 1.807) is 30.7 Å². The van der Waals surface area contributed by atoms with Crippen LogP contribution in [-0.4, -0.2) is 22.4 Å². The number of aldehydes is 1. The van der Waals surface area contributed by atoms with E-state index >= 15 is 0 Å². The van der Waals surface area contributed by atoms with Crippen molar-refractivity contribution < 1.29 is 14.3 Å². The lowest BCUT2D eigenvalue weighted by Crippen LogP contribution is -2.08. The van der Waals surface area contributed by atoms with Gasteiger partial charge in [-0.3, -0.25) is 4.79 Å². The number of hydrogen-bond acceptors (Lipinski definition) is 4. The largest absolute Gasteiger partial charge is 0.490 e. The van der Waals surface area contributed by atoms with Crippen molar-refractivity contribution in [1.82, 2.24) is 9.55 Å². The smallest absolute Gasteiger partial charge is 0.161 e. The average Bonchev–Trinajstić information content (AvgIpc) is 2.95. The molecule has 0 amide bonds. The Morgan fingerprint density at radius 3 is 2.76 bits per heavy atom. The van der Waals surface area contributed by atoms with Crippen LogP contribution in [0.2, 0.25) is 0 Å². The quantitative estimate of drug-likeness (QED) is 0.734. The summed E-state index contributed by atoms with van der Waals surface area (Å²) in [5, 5.41) is 0. The Morgan fingerprint density at radius 2 is 2.10 bits per heavy atom. The van der Waals surface area contributed by atoms with Crippen molar-refractivity contribution in [2.75, 3.05) is 6.61 Å². The van der Waals surface area contributed by atoms with Gasteiger partial charge in [0.05, 0.1) is 24.8 Å². The third-order valence-electron chi connectivity index (χ3n) is 3.08. The second-order valence-electron chi connectivity index (χ2n) is 4.93. The Balaban J connectivity index is 2.15. The molecule has 5 heteroatoms. The Labute approximate surface area is 124 Å². The molecule has 0 radical (unpaired) electrons. The van der Waals surface area contributed by atoms with Crippen molar-refractivity contribution in [1.29, 1.82) is 0 Å². The predicted octanol–water partition coefficient (Wildman–Crippen LogP) is 3.25. The summed E-state index contributed by atoms with van der Waals surface area (Å²) in [5.41, 5.74) is 1.56. The van der Waals surface area contributed by atoms with Gasteiger partial charge in [-0.15, -0.1) is 0 Å². The second kappa shape index (κ2) is 6.92. The Bertz CT molecular complexity index is 605. The van der Waals surface area contributed by atoms with E-state index in [9.17, 15) is 4.79 Å². The number of imidazole rings is 1. The summed E-state index contributed by atoms with van der Waals surface area (Å²) >= 11 is 0. The summed E-state index contributed by atoms with van der Waals surface area (Å²) in [6.45, 7) is 7.00. The number of aromatic nitrogens is 2. The number of nitrogens with zero attached hydrogens (tertiary/aromatic N) is 2.